The third-order valence-electron chi connectivity index (χ3n) is 3.44. The molecule has 0 aromatic carbocycles. The summed E-state index contributed by atoms with van der Waals surface area (Å²) in [5.74, 6) is 0.761. The molecular weight excluding hydrogens is 288 g/mol. The van der Waals surface area contributed by atoms with E-state index in [1.807, 2.05) is 38.1 Å². The molecule has 0 bridgehead atoms. The van der Waals surface area contributed by atoms with Gasteiger partial charge in [0.15, 0.2) is 0 Å². The lowest BCUT2D eigenvalue weighted by atomic mass is 10.2. The van der Waals surface area contributed by atoms with E-state index >= 15 is 0 Å². The lowest BCUT2D eigenvalue weighted by Crippen LogP contribution is -2.43. The fourth-order valence-corrected chi connectivity index (χ4v) is 2.20. The largest absolute Gasteiger partial charge is 0.465 e. The molecule has 0 radical (unpaired) electrons. The minimum atomic E-state index is -0.536. The quantitative estimate of drug-likeness (QED) is 0.713. The van der Waals surface area contributed by atoms with Crippen LogP contribution in [0.2, 0.25) is 0 Å². The molecule has 8 heteroatoms. The van der Waals surface area contributed by atoms with Crippen molar-refractivity contribution in [2.75, 3.05) is 33.7 Å². The third-order valence-corrected chi connectivity index (χ3v) is 3.44. The van der Waals surface area contributed by atoms with Crippen molar-refractivity contribution < 1.29 is 18.8 Å². The normalized spacial score (nSPS) is 16.1. The maximum atomic E-state index is 11.9. The molecule has 0 unspecified atom stereocenters. The standard InChI is InChI=1S/C14H20N4O4/c1-9-4-5-11(22-9)10(17(2)3)6-15-12(19)8-18-13(20)7-16-14(18)21/h4-5,10H,6-8H2,1-3H3,(H,15,19)(H,16,21)/t10-/m1/s1. The zero-order chi connectivity index (χ0) is 16.3. The highest BCUT2D eigenvalue weighted by Gasteiger charge is 2.30. The minimum absolute atomic E-state index is 0.0574. The lowest BCUT2D eigenvalue weighted by molar-refractivity contribution is -0.130. The highest BCUT2D eigenvalue weighted by atomic mass is 16.3. The molecular formula is C14H20N4O4. The molecule has 0 aliphatic carbocycles. The molecule has 0 spiro atoms. The van der Waals surface area contributed by atoms with Gasteiger partial charge in [0.1, 0.15) is 18.1 Å². The SMILES string of the molecule is Cc1ccc([C@@H](CNC(=O)CN2C(=O)CNC2=O)N(C)C)o1. The number of furan rings is 1. The summed E-state index contributed by atoms with van der Waals surface area (Å²) in [6.45, 7) is 1.84. The number of rotatable bonds is 6. The van der Waals surface area contributed by atoms with Crippen LogP contribution in [0.25, 0.3) is 0 Å². The molecule has 1 aromatic heterocycles. The van der Waals surface area contributed by atoms with E-state index < -0.39 is 11.9 Å². The van der Waals surface area contributed by atoms with Gasteiger partial charge >= 0.3 is 6.03 Å². The number of imide groups is 1. The van der Waals surface area contributed by atoms with Gasteiger partial charge in [-0.1, -0.05) is 0 Å². The number of aryl methyl sites for hydroxylation is 1. The van der Waals surface area contributed by atoms with Crippen LogP contribution in [-0.2, 0) is 9.59 Å². The van der Waals surface area contributed by atoms with Gasteiger partial charge < -0.3 is 15.1 Å². The third kappa shape index (κ3) is 3.64. The van der Waals surface area contributed by atoms with Crippen LogP contribution in [0.4, 0.5) is 4.79 Å². The topological polar surface area (TPSA) is 94.9 Å². The molecule has 2 N–H and O–H groups in total. The Bertz CT molecular complexity index is 565. The number of carbonyl (C=O) groups excluding carboxylic acids is 3. The minimum Gasteiger partial charge on any atom is -0.465 e. The maximum Gasteiger partial charge on any atom is 0.325 e. The number of hydrogen-bond acceptors (Lipinski definition) is 5. The average Bonchev–Trinajstić information content (AvgIpc) is 2.99. The van der Waals surface area contributed by atoms with Crippen molar-refractivity contribution in [2.24, 2.45) is 0 Å². The second-order valence-electron chi connectivity index (χ2n) is 5.37. The molecule has 22 heavy (non-hydrogen) atoms. The van der Waals surface area contributed by atoms with Gasteiger partial charge in [0.05, 0.1) is 12.6 Å². The predicted octanol–water partition coefficient (Wildman–Crippen LogP) is -0.141. The number of likely N-dealkylation sites (N-methyl/N-ethyl adjacent to an activating group) is 1. The van der Waals surface area contributed by atoms with Gasteiger partial charge in [0.25, 0.3) is 5.91 Å². The molecule has 1 aliphatic rings. The van der Waals surface area contributed by atoms with Crippen LogP contribution in [0.1, 0.15) is 17.6 Å². The summed E-state index contributed by atoms with van der Waals surface area (Å²) in [5, 5.41) is 5.10. The summed E-state index contributed by atoms with van der Waals surface area (Å²) >= 11 is 0. The summed E-state index contributed by atoms with van der Waals surface area (Å²) < 4.78 is 5.59. The Labute approximate surface area is 128 Å². The molecule has 0 saturated carbocycles. The molecule has 1 aliphatic heterocycles. The Balaban J connectivity index is 1.91. The molecule has 120 valence electrons. The van der Waals surface area contributed by atoms with E-state index in [2.05, 4.69) is 10.6 Å². The summed E-state index contributed by atoms with van der Waals surface area (Å²) in [7, 11) is 3.76. The first-order valence-corrected chi connectivity index (χ1v) is 6.96. The van der Waals surface area contributed by atoms with Crippen LogP contribution >= 0.6 is 0 Å². The first kappa shape index (κ1) is 16.0. The molecule has 1 fully saturated rings. The van der Waals surface area contributed by atoms with Crippen LogP contribution in [0, 0.1) is 6.92 Å². The molecule has 1 saturated heterocycles. The van der Waals surface area contributed by atoms with E-state index in [-0.39, 0.29) is 25.0 Å². The zero-order valence-electron chi connectivity index (χ0n) is 12.9. The monoisotopic (exact) mass is 308 g/mol. The van der Waals surface area contributed by atoms with Gasteiger partial charge in [-0.3, -0.25) is 19.4 Å². The van der Waals surface area contributed by atoms with E-state index in [1.54, 1.807) is 0 Å². The van der Waals surface area contributed by atoms with Crippen molar-refractivity contribution in [2.45, 2.75) is 13.0 Å². The number of hydrogen-bond donors (Lipinski definition) is 2. The van der Waals surface area contributed by atoms with Gasteiger partial charge in [-0.25, -0.2) is 4.79 Å². The molecule has 2 heterocycles. The highest BCUT2D eigenvalue weighted by Crippen LogP contribution is 2.19. The van der Waals surface area contributed by atoms with E-state index in [1.165, 1.54) is 0 Å². The van der Waals surface area contributed by atoms with Crippen molar-refractivity contribution >= 4 is 17.8 Å². The summed E-state index contributed by atoms with van der Waals surface area (Å²) in [5.41, 5.74) is 0. The van der Waals surface area contributed by atoms with Crippen LogP contribution in [0.5, 0.6) is 0 Å². The van der Waals surface area contributed by atoms with Crippen LogP contribution in [0.15, 0.2) is 16.5 Å². The van der Waals surface area contributed by atoms with Crippen molar-refractivity contribution in [3.8, 4) is 0 Å². The van der Waals surface area contributed by atoms with Crippen molar-refractivity contribution in [3.05, 3.63) is 23.7 Å². The first-order chi connectivity index (χ1) is 10.4. The Morgan fingerprint density at radius 2 is 2.18 bits per heavy atom. The molecule has 4 amide bonds. The number of amides is 4. The fourth-order valence-electron chi connectivity index (χ4n) is 2.20. The van der Waals surface area contributed by atoms with E-state index in [0.717, 1.165) is 16.4 Å². The Kier molecular flexibility index (Phi) is 4.81. The highest BCUT2D eigenvalue weighted by molar-refractivity contribution is 6.04. The van der Waals surface area contributed by atoms with Gasteiger partial charge in [0.2, 0.25) is 5.91 Å². The fraction of sp³-hybridized carbons (Fsp3) is 0.500. The zero-order valence-corrected chi connectivity index (χ0v) is 12.9. The summed E-state index contributed by atoms with van der Waals surface area (Å²) in [6.07, 6.45) is 0. The molecule has 1 aromatic rings. The second-order valence-corrected chi connectivity index (χ2v) is 5.37. The Morgan fingerprint density at radius 1 is 1.45 bits per heavy atom. The van der Waals surface area contributed by atoms with Gasteiger partial charge in [0, 0.05) is 6.54 Å². The average molecular weight is 308 g/mol. The smallest absolute Gasteiger partial charge is 0.325 e. The summed E-state index contributed by atoms with van der Waals surface area (Å²) in [6, 6.07) is 3.07. The second kappa shape index (κ2) is 6.61. The predicted molar refractivity (Wildman–Crippen MR) is 78.0 cm³/mol. The lowest BCUT2D eigenvalue weighted by Gasteiger charge is -2.23. The van der Waals surface area contributed by atoms with E-state index in [4.69, 9.17) is 4.42 Å². The van der Waals surface area contributed by atoms with E-state index in [9.17, 15) is 14.4 Å². The first-order valence-electron chi connectivity index (χ1n) is 6.96. The van der Waals surface area contributed by atoms with Gasteiger partial charge in [-0.05, 0) is 33.2 Å². The maximum absolute atomic E-state index is 11.9. The van der Waals surface area contributed by atoms with E-state index in [0.29, 0.717) is 6.54 Å². The van der Waals surface area contributed by atoms with Gasteiger partial charge in [-0.2, -0.15) is 0 Å². The van der Waals surface area contributed by atoms with Crippen molar-refractivity contribution in [3.63, 3.8) is 0 Å². The Morgan fingerprint density at radius 3 is 2.68 bits per heavy atom. The molecule has 8 nitrogen and oxygen atoms in total. The number of nitrogens with zero attached hydrogens (tertiary/aromatic N) is 2. The molecule has 2 rings (SSSR count). The number of carbonyl (C=O) groups is 3. The van der Waals surface area contributed by atoms with Crippen molar-refractivity contribution in [1.29, 1.82) is 0 Å². The van der Waals surface area contributed by atoms with Crippen LogP contribution in [0.3, 0.4) is 0 Å². The van der Waals surface area contributed by atoms with Crippen molar-refractivity contribution in [1.82, 2.24) is 20.4 Å². The summed E-state index contributed by atoms with van der Waals surface area (Å²) in [4.78, 5) is 37.6. The van der Waals surface area contributed by atoms with Crippen LogP contribution < -0.4 is 10.6 Å². The Hall–Kier alpha value is -2.35. The van der Waals surface area contributed by atoms with Crippen LogP contribution in [-0.4, -0.2) is 61.4 Å². The number of urea groups is 1. The molecule has 1 atom stereocenters. The number of nitrogens with one attached hydrogen (secondary N) is 2. The van der Waals surface area contributed by atoms with Gasteiger partial charge in [-0.15, -0.1) is 0 Å².